The van der Waals surface area contributed by atoms with E-state index >= 15 is 0 Å². The fourth-order valence-electron chi connectivity index (χ4n) is 3.06. The van der Waals surface area contributed by atoms with Crippen LogP contribution in [0.3, 0.4) is 0 Å². The summed E-state index contributed by atoms with van der Waals surface area (Å²) in [5, 5.41) is 0. The Morgan fingerprint density at radius 1 is 1.12 bits per heavy atom. The standard InChI is InChI=1S/C13H16F2N2/c14-13(15)6-12(7-13)8-17(9-12)11-3-1-10(5-16)2-4-11/h1-4H,5-9,16H2. The molecule has 0 atom stereocenters. The summed E-state index contributed by atoms with van der Waals surface area (Å²) in [6.07, 6.45) is 0.134. The summed E-state index contributed by atoms with van der Waals surface area (Å²) in [4.78, 5) is 2.16. The van der Waals surface area contributed by atoms with E-state index in [9.17, 15) is 8.78 Å². The van der Waals surface area contributed by atoms with E-state index in [0.29, 0.717) is 6.54 Å². The molecule has 0 amide bonds. The van der Waals surface area contributed by atoms with E-state index in [0.717, 1.165) is 24.3 Å². The normalized spacial score (nSPS) is 24.3. The molecule has 1 aromatic rings. The third-order valence-corrected chi connectivity index (χ3v) is 3.86. The van der Waals surface area contributed by atoms with Crippen LogP contribution in [0, 0.1) is 5.41 Å². The highest BCUT2D eigenvalue weighted by Crippen LogP contribution is 2.57. The monoisotopic (exact) mass is 238 g/mol. The molecule has 2 nitrogen and oxygen atoms in total. The first kappa shape index (κ1) is 11.0. The van der Waals surface area contributed by atoms with Gasteiger partial charge in [-0.1, -0.05) is 12.1 Å². The Balaban J connectivity index is 1.62. The summed E-state index contributed by atoms with van der Waals surface area (Å²) in [6, 6.07) is 8.03. The number of benzene rings is 1. The lowest BCUT2D eigenvalue weighted by Gasteiger charge is -2.59. The van der Waals surface area contributed by atoms with Crippen LogP contribution in [0.15, 0.2) is 24.3 Å². The third-order valence-electron chi connectivity index (χ3n) is 3.86. The summed E-state index contributed by atoms with van der Waals surface area (Å²) in [5.74, 6) is -2.41. The lowest BCUT2D eigenvalue weighted by atomic mass is 9.61. The number of nitrogens with zero attached hydrogens (tertiary/aromatic N) is 1. The van der Waals surface area contributed by atoms with Crippen LogP contribution in [-0.2, 0) is 6.54 Å². The van der Waals surface area contributed by atoms with Crippen LogP contribution < -0.4 is 10.6 Å². The number of anilines is 1. The topological polar surface area (TPSA) is 29.3 Å². The van der Waals surface area contributed by atoms with Gasteiger partial charge in [-0.25, -0.2) is 8.78 Å². The number of halogens is 2. The second-order valence-electron chi connectivity index (χ2n) is 5.44. The average Bonchev–Trinajstić information content (AvgIpc) is 2.22. The molecular weight excluding hydrogens is 222 g/mol. The Kier molecular flexibility index (Phi) is 2.20. The fraction of sp³-hybridized carbons (Fsp3) is 0.538. The predicted octanol–water partition coefficient (Wildman–Crippen LogP) is 2.38. The highest BCUT2D eigenvalue weighted by Gasteiger charge is 2.61. The molecule has 0 unspecified atom stereocenters. The minimum Gasteiger partial charge on any atom is -0.370 e. The molecule has 0 bridgehead atoms. The minimum atomic E-state index is -2.41. The zero-order chi connectivity index (χ0) is 12.1. The van der Waals surface area contributed by atoms with Gasteiger partial charge in [0.05, 0.1) is 0 Å². The van der Waals surface area contributed by atoms with Gasteiger partial charge in [0.2, 0.25) is 5.92 Å². The van der Waals surface area contributed by atoms with E-state index in [4.69, 9.17) is 5.73 Å². The first-order chi connectivity index (χ1) is 8.02. The second-order valence-corrected chi connectivity index (χ2v) is 5.44. The Bertz CT molecular complexity index is 412. The van der Waals surface area contributed by atoms with Crippen molar-refractivity contribution in [2.45, 2.75) is 25.3 Å². The van der Waals surface area contributed by atoms with Crippen molar-refractivity contribution in [3.63, 3.8) is 0 Å². The van der Waals surface area contributed by atoms with Crippen molar-refractivity contribution in [2.75, 3.05) is 18.0 Å². The van der Waals surface area contributed by atoms with Crippen LogP contribution in [-0.4, -0.2) is 19.0 Å². The Morgan fingerprint density at radius 3 is 2.18 bits per heavy atom. The van der Waals surface area contributed by atoms with Crippen molar-refractivity contribution in [3.8, 4) is 0 Å². The fourth-order valence-corrected chi connectivity index (χ4v) is 3.06. The molecule has 1 aliphatic heterocycles. The maximum Gasteiger partial charge on any atom is 0.249 e. The summed E-state index contributed by atoms with van der Waals surface area (Å²) in [5.41, 5.74) is 7.64. The molecule has 2 fully saturated rings. The average molecular weight is 238 g/mol. The molecule has 3 rings (SSSR count). The molecule has 0 radical (unpaired) electrons. The highest BCUT2D eigenvalue weighted by molar-refractivity contribution is 5.51. The number of hydrogen-bond donors (Lipinski definition) is 1. The number of hydrogen-bond acceptors (Lipinski definition) is 2. The number of alkyl halides is 2. The van der Waals surface area contributed by atoms with Crippen molar-refractivity contribution in [1.29, 1.82) is 0 Å². The van der Waals surface area contributed by atoms with Crippen LogP contribution in [0.2, 0.25) is 0 Å². The van der Waals surface area contributed by atoms with Crippen LogP contribution >= 0.6 is 0 Å². The summed E-state index contributed by atoms with van der Waals surface area (Å²) < 4.78 is 25.7. The van der Waals surface area contributed by atoms with E-state index < -0.39 is 5.92 Å². The minimum absolute atomic E-state index is 0.0668. The molecule has 1 spiro atoms. The molecule has 1 aromatic carbocycles. The molecule has 2 aliphatic rings. The summed E-state index contributed by atoms with van der Waals surface area (Å²) >= 11 is 0. The van der Waals surface area contributed by atoms with Gasteiger partial charge < -0.3 is 10.6 Å². The van der Waals surface area contributed by atoms with Gasteiger partial charge >= 0.3 is 0 Å². The quantitative estimate of drug-likeness (QED) is 0.857. The summed E-state index contributed by atoms with van der Waals surface area (Å²) in [6.45, 7) is 2.07. The molecule has 1 saturated heterocycles. The molecule has 92 valence electrons. The maximum absolute atomic E-state index is 12.9. The number of nitrogens with two attached hydrogens (primary N) is 1. The van der Waals surface area contributed by atoms with Crippen molar-refractivity contribution in [3.05, 3.63) is 29.8 Å². The molecule has 2 N–H and O–H groups in total. The van der Waals surface area contributed by atoms with Gasteiger partial charge in [0.25, 0.3) is 0 Å². The Hall–Kier alpha value is -1.16. The van der Waals surface area contributed by atoms with E-state index in [1.807, 2.05) is 24.3 Å². The largest absolute Gasteiger partial charge is 0.370 e. The molecule has 1 saturated carbocycles. The van der Waals surface area contributed by atoms with Gasteiger partial charge in [-0.05, 0) is 17.7 Å². The molecule has 1 aliphatic carbocycles. The third kappa shape index (κ3) is 1.80. The van der Waals surface area contributed by atoms with Gasteiger partial charge in [0.15, 0.2) is 0 Å². The first-order valence-corrected chi connectivity index (χ1v) is 5.94. The first-order valence-electron chi connectivity index (χ1n) is 5.94. The smallest absolute Gasteiger partial charge is 0.249 e. The van der Waals surface area contributed by atoms with E-state index in [1.54, 1.807) is 0 Å². The SMILES string of the molecule is NCc1ccc(N2CC3(C2)CC(F)(F)C3)cc1. The van der Waals surface area contributed by atoms with Gasteiger partial charge in [0.1, 0.15) is 0 Å². The molecule has 4 heteroatoms. The molecule has 17 heavy (non-hydrogen) atoms. The number of rotatable bonds is 2. The Morgan fingerprint density at radius 2 is 1.71 bits per heavy atom. The zero-order valence-electron chi connectivity index (χ0n) is 9.63. The van der Waals surface area contributed by atoms with Crippen LogP contribution in [0.5, 0.6) is 0 Å². The van der Waals surface area contributed by atoms with E-state index in [2.05, 4.69) is 4.90 Å². The van der Waals surface area contributed by atoms with Gasteiger partial charge in [-0.2, -0.15) is 0 Å². The van der Waals surface area contributed by atoms with Crippen molar-refractivity contribution >= 4 is 5.69 Å². The highest BCUT2D eigenvalue weighted by atomic mass is 19.3. The van der Waals surface area contributed by atoms with E-state index in [-0.39, 0.29) is 18.3 Å². The van der Waals surface area contributed by atoms with Gasteiger partial charge in [-0.3, -0.25) is 0 Å². The van der Waals surface area contributed by atoms with Crippen molar-refractivity contribution < 1.29 is 8.78 Å². The van der Waals surface area contributed by atoms with Crippen LogP contribution in [0.1, 0.15) is 18.4 Å². The van der Waals surface area contributed by atoms with Crippen LogP contribution in [0.25, 0.3) is 0 Å². The summed E-state index contributed by atoms with van der Waals surface area (Å²) in [7, 11) is 0. The lowest BCUT2D eigenvalue weighted by Crippen LogP contribution is -2.65. The van der Waals surface area contributed by atoms with Crippen LogP contribution in [0.4, 0.5) is 14.5 Å². The Labute approximate surface area is 99.4 Å². The van der Waals surface area contributed by atoms with Crippen molar-refractivity contribution in [1.82, 2.24) is 0 Å². The maximum atomic E-state index is 12.9. The van der Waals surface area contributed by atoms with Gasteiger partial charge in [-0.15, -0.1) is 0 Å². The molecule has 0 aromatic heterocycles. The molecular formula is C13H16F2N2. The van der Waals surface area contributed by atoms with E-state index in [1.165, 1.54) is 0 Å². The van der Waals surface area contributed by atoms with Gasteiger partial charge in [0, 0.05) is 43.6 Å². The zero-order valence-corrected chi connectivity index (χ0v) is 9.63. The molecule has 1 heterocycles. The predicted molar refractivity (Wildman–Crippen MR) is 63.2 cm³/mol. The van der Waals surface area contributed by atoms with Crippen molar-refractivity contribution in [2.24, 2.45) is 11.1 Å². The lowest BCUT2D eigenvalue weighted by molar-refractivity contribution is -0.170. The second kappa shape index (κ2) is 3.42.